The van der Waals surface area contributed by atoms with E-state index in [1.807, 2.05) is 30.3 Å². The van der Waals surface area contributed by atoms with Gasteiger partial charge in [-0.25, -0.2) is 0 Å². The first-order valence-corrected chi connectivity index (χ1v) is 7.31. The molecule has 0 unspecified atom stereocenters. The van der Waals surface area contributed by atoms with E-state index < -0.39 is 0 Å². The lowest BCUT2D eigenvalue weighted by Crippen LogP contribution is -2.12. The Labute approximate surface area is 126 Å². The summed E-state index contributed by atoms with van der Waals surface area (Å²) in [6.45, 7) is 0. The van der Waals surface area contributed by atoms with Crippen molar-refractivity contribution in [2.45, 2.75) is 10.6 Å². The number of hydrogen-bond donors (Lipinski definition) is 2. The van der Waals surface area contributed by atoms with Crippen molar-refractivity contribution in [3.63, 3.8) is 0 Å². The van der Waals surface area contributed by atoms with Crippen molar-refractivity contribution in [3.8, 4) is 0 Å². The monoisotopic (exact) mass is 310 g/mol. The van der Waals surface area contributed by atoms with E-state index in [0.717, 1.165) is 21.2 Å². The first kappa shape index (κ1) is 14.3. The molecule has 2 aromatic carbocycles. The molecular weight excluding hydrogens is 299 g/mol. The van der Waals surface area contributed by atoms with Gasteiger partial charge in [-0.3, -0.25) is 5.41 Å². The van der Waals surface area contributed by atoms with Crippen molar-refractivity contribution >= 4 is 40.8 Å². The Morgan fingerprint density at radius 2 is 1.68 bits per heavy atom. The lowest BCUT2D eigenvalue weighted by atomic mass is 10.2. The predicted molar refractivity (Wildman–Crippen MR) is 83.5 cm³/mol. The van der Waals surface area contributed by atoms with Crippen molar-refractivity contribution in [3.05, 3.63) is 63.6 Å². The molecule has 3 N–H and O–H groups in total. The molecule has 19 heavy (non-hydrogen) atoms. The van der Waals surface area contributed by atoms with Crippen LogP contribution in [-0.4, -0.2) is 5.84 Å². The van der Waals surface area contributed by atoms with E-state index in [9.17, 15) is 0 Å². The first-order chi connectivity index (χ1) is 9.06. The molecule has 0 spiro atoms. The van der Waals surface area contributed by atoms with Crippen LogP contribution in [0.15, 0.2) is 47.4 Å². The lowest BCUT2D eigenvalue weighted by Gasteiger charge is -2.08. The highest BCUT2D eigenvalue weighted by Gasteiger charge is 2.07. The summed E-state index contributed by atoms with van der Waals surface area (Å²) in [4.78, 5) is 0.912. The number of nitrogens with two attached hydrogens (primary N) is 1. The number of rotatable bonds is 4. The molecule has 0 amide bonds. The van der Waals surface area contributed by atoms with E-state index in [4.69, 9.17) is 34.3 Å². The Bertz CT molecular complexity index is 597. The van der Waals surface area contributed by atoms with Crippen molar-refractivity contribution in [2.75, 3.05) is 0 Å². The Balaban J connectivity index is 2.16. The van der Waals surface area contributed by atoms with Crippen LogP contribution in [0.4, 0.5) is 0 Å². The van der Waals surface area contributed by atoms with Crippen LogP contribution in [0.2, 0.25) is 10.0 Å². The molecule has 0 aliphatic carbocycles. The summed E-state index contributed by atoms with van der Waals surface area (Å²) in [5.74, 6) is 0.827. The number of nitrogens with one attached hydrogen (secondary N) is 1. The molecule has 5 heteroatoms. The number of nitrogen functional groups attached to an aromatic ring is 1. The average Bonchev–Trinajstić information content (AvgIpc) is 2.38. The fraction of sp³-hybridized carbons (Fsp3) is 0.0714. The van der Waals surface area contributed by atoms with Crippen molar-refractivity contribution in [2.24, 2.45) is 5.73 Å². The summed E-state index contributed by atoms with van der Waals surface area (Å²) in [6, 6.07) is 13.0. The SMILES string of the molecule is N=C(N)c1ccc(Cl)cc1SCc1ccc(Cl)cc1. The quantitative estimate of drug-likeness (QED) is 0.494. The summed E-state index contributed by atoms with van der Waals surface area (Å²) < 4.78 is 0. The van der Waals surface area contributed by atoms with Gasteiger partial charge in [0.15, 0.2) is 0 Å². The van der Waals surface area contributed by atoms with Gasteiger partial charge in [0.1, 0.15) is 5.84 Å². The molecule has 2 aromatic rings. The summed E-state index contributed by atoms with van der Waals surface area (Å²) in [7, 11) is 0. The molecule has 0 fully saturated rings. The zero-order chi connectivity index (χ0) is 13.8. The largest absolute Gasteiger partial charge is 0.384 e. The lowest BCUT2D eigenvalue weighted by molar-refractivity contribution is 1.32. The van der Waals surface area contributed by atoms with Gasteiger partial charge >= 0.3 is 0 Å². The van der Waals surface area contributed by atoms with Crippen LogP contribution in [-0.2, 0) is 5.75 Å². The summed E-state index contributed by atoms with van der Waals surface area (Å²) >= 11 is 13.4. The molecule has 0 saturated carbocycles. The third-order valence-electron chi connectivity index (χ3n) is 2.54. The highest BCUT2D eigenvalue weighted by atomic mass is 35.5. The highest BCUT2D eigenvalue weighted by molar-refractivity contribution is 7.98. The molecule has 0 heterocycles. The summed E-state index contributed by atoms with van der Waals surface area (Å²) in [5, 5.41) is 8.93. The van der Waals surface area contributed by atoms with Gasteiger partial charge in [0, 0.05) is 26.3 Å². The maximum Gasteiger partial charge on any atom is 0.123 e. The molecule has 0 bridgehead atoms. The van der Waals surface area contributed by atoms with Crippen LogP contribution >= 0.6 is 35.0 Å². The Kier molecular flexibility index (Phi) is 4.75. The molecule has 0 aliphatic heterocycles. The average molecular weight is 311 g/mol. The fourth-order valence-corrected chi connectivity index (χ4v) is 3.00. The number of thioether (sulfide) groups is 1. The van der Waals surface area contributed by atoms with Crippen molar-refractivity contribution in [1.29, 1.82) is 5.41 Å². The summed E-state index contributed by atoms with van der Waals surface area (Å²) in [5.41, 5.74) is 7.43. The molecule has 2 rings (SSSR count). The van der Waals surface area contributed by atoms with Crippen LogP contribution in [0.5, 0.6) is 0 Å². The van der Waals surface area contributed by atoms with E-state index in [1.165, 1.54) is 0 Å². The van der Waals surface area contributed by atoms with E-state index in [1.54, 1.807) is 23.9 Å². The summed E-state index contributed by atoms with van der Waals surface area (Å²) in [6.07, 6.45) is 0. The van der Waals surface area contributed by atoms with Crippen LogP contribution in [0, 0.1) is 5.41 Å². The molecule has 0 atom stereocenters. The van der Waals surface area contributed by atoms with E-state index in [-0.39, 0.29) is 5.84 Å². The van der Waals surface area contributed by atoms with Crippen LogP contribution in [0.25, 0.3) is 0 Å². The Morgan fingerprint density at radius 3 is 2.32 bits per heavy atom. The van der Waals surface area contributed by atoms with Gasteiger partial charge in [0.2, 0.25) is 0 Å². The molecule has 0 aliphatic rings. The number of hydrogen-bond acceptors (Lipinski definition) is 2. The van der Waals surface area contributed by atoms with Gasteiger partial charge in [0.25, 0.3) is 0 Å². The van der Waals surface area contributed by atoms with Crippen LogP contribution < -0.4 is 5.73 Å². The van der Waals surface area contributed by atoms with Gasteiger partial charge in [-0.1, -0.05) is 35.3 Å². The number of benzene rings is 2. The Hall–Kier alpha value is -1.16. The number of amidine groups is 1. The molecule has 0 radical (unpaired) electrons. The molecular formula is C14H12Cl2N2S. The standard InChI is InChI=1S/C14H12Cl2N2S/c15-10-3-1-9(2-4-10)8-19-13-7-11(16)5-6-12(13)14(17)18/h1-7H,8H2,(H3,17,18). The third kappa shape index (κ3) is 3.90. The smallest absolute Gasteiger partial charge is 0.123 e. The second kappa shape index (κ2) is 6.33. The van der Waals surface area contributed by atoms with Crippen molar-refractivity contribution in [1.82, 2.24) is 0 Å². The fourth-order valence-electron chi connectivity index (χ4n) is 1.58. The normalized spacial score (nSPS) is 10.4. The Morgan fingerprint density at radius 1 is 1.05 bits per heavy atom. The minimum atomic E-state index is 0.0512. The van der Waals surface area contributed by atoms with Crippen LogP contribution in [0.3, 0.4) is 0 Å². The van der Waals surface area contributed by atoms with Gasteiger partial charge in [-0.15, -0.1) is 11.8 Å². The maximum absolute atomic E-state index is 7.56. The zero-order valence-electron chi connectivity index (χ0n) is 9.99. The van der Waals surface area contributed by atoms with Gasteiger partial charge in [-0.2, -0.15) is 0 Å². The second-order valence-corrected chi connectivity index (χ2v) is 5.86. The van der Waals surface area contributed by atoms with E-state index >= 15 is 0 Å². The van der Waals surface area contributed by atoms with Crippen molar-refractivity contribution < 1.29 is 0 Å². The van der Waals surface area contributed by atoms with Gasteiger partial charge in [0.05, 0.1) is 0 Å². The maximum atomic E-state index is 7.56. The number of halogens is 2. The first-order valence-electron chi connectivity index (χ1n) is 5.57. The highest BCUT2D eigenvalue weighted by Crippen LogP contribution is 2.29. The second-order valence-electron chi connectivity index (χ2n) is 3.97. The minimum Gasteiger partial charge on any atom is -0.384 e. The van der Waals surface area contributed by atoms with Gasteiger partial charge < -0.3 is 5.73 Å². The third-order valence-corrected chi connectivity index (χ3v) is 4.15. The minimum absolute atomic E-state index is 0.0512. The van der Waals surface area contributed by atoms with E-state index in [2.05, 4.69) is 0 Å². The zero-order valence-corrected chi connectivity index (χ0v) is 12.3. The molecule has 98 valence electrons. The van der Waals surface area contributed by atoms with Crippen LogP contribution in [0.1, 0.15) is 11.1 Å². The molecule has 0 saturated heterocycles. The van der Waals surface area contributed by atoms with Gasteiger partial charge in [-0.05, 0) is 35.9 Å². The topological polar surface area (TPSA) is 49.9 Å². The molecule has 0 aromatic heterocycles. The molecule has 2 nitrogen and oxygen atoms in total. The van der Waals surface area contributed by atoms with E-state index in [0.29, 0.717) is 10.6 Å². The predicted octanol–water partition coefficient (Wildman–Crippen LogP) is 4.57.